The number of hydrogen-bond donors (Lipinski definition) is 1. The lowest BCUT2D eigenvalue weighted by Crippen LogP contribution is -2.44. The number of rotatable bonds is 3. The zero-order chi connectivity index (χ0) is 15.7. The summed E-state index contributed by atoms with van der Waals surface area (Å²) in [6.07, 6.45) is 1.95. The molecule has 120 valence electrons. The molecule has 1 saturated heterocycles. The molecular weight excluding hydrogens is 288 g/mol. The Morgan fingerprint density at radius 1 is 1.23 bits per heavy atom. The fourth-order valence-corrected chi connectivity index (χ4v) is 3.64. The fraction of sp³-hybridized carbons (Fsp3) is 0.588. The predicted molar refractivity (Wildman–Crippen MR) is 78.9 cm³/mol. The van der Waals surface area contributed by atoms with Crippen molar-refractivity contribution in [1.82, 2.24) is 5.32 Å². The summed E-state index contributed by atoms with van der Waals surface area (Å²) >= 11 is 0. The number of carbonyl (C=O) groups excluding carboxylic acids is 1. The van der Waals surface area contributed by atoms with Crippen LogP contribution in [0.15, 0.2) is 24.3 Å². The Morgan fingerprint density at radius 3 is 2.50 bits per heavy atom. The van der Waals surface area contributed by atoms with Crippen LogP contribution in [-0.2, 0) is 4.74 Å². The summed E-state index contributed by atoms with van der Waals surface area (Å²) in [6, 6.07) is 7.52. The molecule has 0 aromatic heterocycles. The topological polar surface area (TPSA) is 38.3 Å². The molecule has 2 atom stereocenters. The molecule has 0 radical (unpaired) electrons. The minimum atomic E-state index is -2.44. The van der Waals surface area contributed by atoms with E-state index < -0.39 is 5.92 Å². The van der Waals surface area contributed by atoms with Crippen LogP contribution >= 0.6 is 0 Å². The number of ether oxygens (including phenoxy) is 1. The van der Waals surface area contributed by atoms with Crippen molar-refractivity contribution in [2.45, 2.75) is 37.6 Å². The van der Waals surface area contributed by atoms with Gasteiger partial charge in [-0.25, -0.2) is 13.6 Å². The van der Waals surface area contributed by atoms with Crippen molar-refractivity contribution in [1.29, 1.82) is 0 Å². The molecule has 1 aliphatic carbocycles. The smallest absolute Gasteiger partial charge is 0.337 e. The van der Waals surface area contributed by atoms with E-state index in [9.17, 15) is 13.6 Å². The lowest BCUT2D eigenvalue weighted by Gasteiger charge is -2.43. The van der Waals surface area contributed by atoms with E-state index in [1.54, 1.807) is 12.1 Å². The van der Waals surface area contributed by atoms with Crippen molar-refractivity contribution >= 4 is 5.97 Å². The zero-order valence-corrected chi connectivity index (χ0v) is 12.6. The van der Waals surface area contributed by atoms with Crippen LogP contribution < -0.4 is 5.32 Å². The Kier molecular flexibility index (Phi) is 4.17. The normalized spacial score (nSPS) is 28.0. The maximum Gasteiger partial charge on any atom is 0.337 e. The molecule has 1 N–H and O–H groups in total. The fourth-order valence-electron chi connectivity index (χ4n) is 3.64. The van der Waals surface area contributed by atoms with Crippen molar-refractivity contribution in [2.24, 2.45) is 11.8 Å². The summed E-state index contributed by atoms with van der Waals surface area (Å²) in [5.74, 6) is -2.26. The number of alkyl halides is 2. The first-order valence-corrected chi connectivity index (χ1v) is 7.78. The number of benzene rings is 1. The molecule has 1 saturated carbocycles. The minimum Gasteiger partial charge on any atom is -0.465 e. The van der Waals surface area contributed by atoms with Gasteiger partial charge in [-0.1, -0.05) is 12.1 Å². The standard InChI is InChI=1S/C17H21F2NO2/c1-22-16(21)12-4-2-11(3-5-12)15-8-13(6-7-20-15)14-9-17(18,19)10-14/h2-5,13-15,20H,6-10H2,1H3/t13-,15?/m1/s1. The van der Waals surface area contributed by atoms with Crippen LogP contribution in [0.5, 0.6) is 0 Å². The maximum atomic E-state index is 13.1. The first kappa shape index (κ1) is 15.4. The average Bonchev–Trinajstić information content (AvgIpc) is 2.52. The van der Waals surface area contributed by atoms with Crippen LogP contribution in [0.4, 0.5) is 8.78 Å². The van der Waals surface area contributed by atoms with Gasteiger partial charge in [0.15, 0.2) is 0 Å². The molecule has 5 heteroatoms. The van der Waals surface area contributed by atoms with Gasteiger partial charge in [0.25, 0.3) is 0 Å². The molecule has 2 fully saturated rings. The molecule has 0 spiro atoms. The van der Waals surface area contributed by atoms with Gasteiger partial charge in [-0.3, -0.25) is 0 Å². The summed E-state index contributed by atoms with van der Waals surface area (Å²) in [4.78, 5) is 11.4. The Labute approximate surface area is 129 Å². The molecule has 3 nitrogen and oxygen atoms in total. The highest BCUT2D eigenvalue weighted by Crippen LogP contribution is 2.49. The van der Waals surface area contributed by atoms with E-state index in [-0.39, 0.29) is 30.8 Å². The van der Waals surface area contributed by atoms with Crippen molar-refractivity contribution in [3.05, 3.63) is 35.4 Å². The van der Waals surface area contributed by atoms with Gasteiger partial charge in [-0.2, -0.15) is 0 Å². The summed E-state index contributed by atoms with van der Waals surface area (Å²) in [7, 11) is 1.36. The average molecular weight is 309 g/mol. The largest absolute Gasteiger partial charge is 0.465 e. The van der Waals surface area contributed by atoms with Gasteiger partial charge in [0.05, 0.1) is 12.7 Å². The highest BCUT2D eigenvalue weighted by atomic mass is 19.3. The van der Waals surface area contributed by atoms with E-state index in [2.05, 4.69) is 10.1 Å². The number of carbonyl (C=O) groups is 1. The Balaban J connectivity index is 1.63. The quantitative estimate of drug-likeness (QED) is 0.868. The van der Waals surface area contributed by atoms with Crippen LogP contribution in [0.1, 0.15) is 47.6 Å². The Hall–Kier alpha value is -1.49. The molecule has 22 heavy (non-hydrogen) atoms. The molecule has 1 aromatic carbocycles. The molecule has 1 aliphatic heterocycles. The number of halogens is 2. The van der Waals surface area contributed by atoms with Crippen LogP contribution in [-0.4, -0.2) is 25.5 Å². The highest BCUT2D eigenvalue weighted by molar-refractivity contribution is 5.89. The van der Waals surface area contributed by atoms with Crippen molar-refractivity contribution in [2.75, 3.05) is 13.7 Å². The van der Waals surface area contributed by atoms with Gasteiger partial charge in [-0.15, -0.1) is 0 Å². The molecule has 2 aliphatic rings. The summed E-state index contributed by atoms with van der Waals surface area (Å²) in [6.45, 7) is 0.857. The van der Waals surface area contributed by atoms with Crippen LogP contribution in [0.3, 0.4) is 0 Å². The third kappa shape index (κ3) is 3.14. The van der Waals surface area contributed by atoms with Gasteiger partial charge in [0.1, 0.15) is 0 Å². The third-order valence-electron chi connectivity index (χ3n) is 4.97. The molecule has 1 unspecified atom stereocenters. The number of hydrogen-bond acceptors (Lipinski definition) is 3. The van der Waals surface area contributed by atoms with Gasteiger partial charge in [0, 0.05) is 18.9 Å². The van der Waals surface area contributed by atoms with E-state index in [1.807, 2.05) is 12.1 Å². The van der Waals surface area contributed by atoms with Crippen LogP contribution in [0.2, 0.25) is 0 Å². The van der Waals surface area contributed by atoms with Crippen LogP contribution in [0, 0.1) is 11.8 Å². The van der Waals surface area contributed by atoms with Gasteiger partial charge in [-0.05, 0) is 48.9 Å². The first-order chi connectivity index (χ1) is 10.5. The van der Waals surface area contributed by atoms with Crippen molar-refractivity contribution in [3.8, 4) is 0 Å². The molecule has 0 bridgehead atoms. The Bertz CT molecular complexity index is 536. The molecule has 1 heterocycles. The second-order valence-electron chi connectivity index (χ2n) is 6.43. The second kappa shape index (κ2) is 5.95. The minimum absolute atomic E-state index is 0.0473. The molecule has 0 amide bonds. The van der Waals surface area contributed by atoms with Gasteiger partial charge >= 0.3 is 5.97 Å². The van der Waals surface area contributed by atoms with Crippen molar-refractivity contribution in [3.63, 3.8) is 0 Å². The van der Waals surface area contributed by atoms with E-state index in [0.717, 1.165) is 24.9 Å². The summed E-state index contributed by atoms with van der Waals surface area (Å²) < 4.78 is 30.8. The van der Waals surface area contributed by atoms with Gasteiger partial charge < -0.3 is 10.1 Å². The lowest BCUT2D eigenvalue weighted by atomic mass is 9.68. The molecular formula is C17H21F2NO2. The number of esters is 1. The monoisotopic (exact) mass is 309 g/mol. The maximum absolute atomic E-state index is 13.1. The molecule has 1 aromatic rings. The molecule has 3 rings (SSSR count). The van der Waals surface area contributed by atoms with Crippen LogP contribution in [0.25, 0.3) is 0 Å². The Morgan fingerprint density at radius 2 is 1.91 bits per heavy atom. The van der Waals surface area contributed by atoms with E-state index >= 15 is 0 Å². The third-order valence-corrected chi connectivity index (χ3v) is 4.97. The van der Waals surface area contributed by atoms with E-state index in [4.69, 9.17) is 0 Å². The summed E-state index contributed by atoms with van der Waals surface area (Å²) in [5, 5.41) is 3.45. The lowest BCUT2D eigenvalue weighted by molar-refractivity contribution is -0.130. The number of nitrogens with one attached hydrogen (secondary N) is 1. The zero-order valence-electron chi connectivity index (χ0n) is 12.6. The van der Waals surface area contributed by atoms with Gasteiger partial charge in [0.2, 0.25) is 5.92 Å². The predicted octanol–water partition coefficient (Wildman–Crippen LogP) is 3.56. The second-order valence-corrected chi connectivity index (χ2v) is 6.43. The number of methoxy groups -OCH3 is 1. The SMILES string of the molecule is COC(=O)c1ccc(C2C[C@H](C3CC(F)(F)C3)CCN2)cc1. The van der Waals surface area contributed by atoms with E-state index in [1.165, 1.54) is 7.11 Å². The number of piperidine rings is 1. The van der Waals surface area contributed by atoms with Crippen molar-refractivity contribution < 1.29 is 18.3 Å². The summed E-state index contributed by atoms with van der Waals surface area (Å²) in [5.41, 5.74) is 1.63. The van der Waals surface area contributed by atoms with E-state index in [0.29, 0.717) is 11.5 Å². The first-order valence-electron chi connectivity index (χ1n) is 7.78. The highest BCUT2D eigenvalue weighted by Gasteiger charge is 2.48.